The molecular weight excluding hydrogens is 252 g/mol. The standard InChI is InChI=1S/C16H20N2O2/c1-4-20-16(19)15-10-17-13(3)18(12(15)2)11-14-8-6-5-7-9-14/h5-9H,4,10-11H2,1-3H3/p+1. The largest absolute Gasteiger partial charge is 0.462 e. The molecule has 1 aromatic rings. The van der Waals surface area contributed by atoms with Crippen molar-refractivity contribution in [2.45, 2.75) is 27.3 Å². The van der Waals surface area contributed by atoms with Crippen molar-refractivity contribution in [2.75, 3.05) is 13.2 Å². The number of esters is 1. The van der Waals surface area contributed by atoms with Crippen LogP contribution in [0.3, 0.4) is 0 Å². The fraction of sp³-hybridized carbons (Fsp3) is 0.375. The molecule has 1 aromatic carbocycles. The molecule has 106 valence electrons. The minimum atomic E-state index is -0.233. The molecule has 0 spiro atoms. The zero-order valence-electron chi connectivity index (χ0n) is 12.3. The topological polar surface area (TPSA) is 41.3 Å². The van der Waals surface area contributed by atoms with Gasteiger partial charge in [-0.25, -0.2) is 9.37 Å². The van der Waals surface area contributed by atoms with E-state index in [4.69, 9.17) is 4.74 Å². The average molecular weight is 273 g/mol. The molecule has 0 unspecified atom stereocenters. The summed E-state index contributed by atoms with van der Waals surface area (Å²) in [6.45, 7) is 7.49. The highest BCUT2D eigenvalue weighted by Gasteiger charge is 2.27. The minimum Gasteiger partial charge on any atom is -0.462 e. The first-order valence-corrected chi connectivity index (χ1v) is 6.89. The predicted octanol–water partition coefficient (Wildman–Crippen LogP) is 2.06. The lowest BCUT2D eigenvalue weighted by Crippen LogP contribution is -2.39. The van der Waals surface area contributed by atoms with E-state index in [1.54, 1.807) is 0 Å². The van der Waals surface area contributed by atoms with E-state index in [1.165, 1.54) is 5.56 Å². The zero-order valence-corrected chi connectivity index (χ0v) is 12.3. The van der Waals surface area contributed by atoms with E-state index in [-0.39, 0.29) is 5.97 Å². The molecule has 0 aromatic heterocycles. The van der Waals surface area contributed by atoms with Crippen molar-refractivity contribution in [3.05, 3.63) is 47.2 Å². The number of amidine groups is 1. The van der Waals surface area contributed by atoms with Gasteiger partial charge in [-0.15, -0.1) is 0 Å². The molecule has 0 saturated heterocycles. The van der Waals surface area contributed by atoms with Crippen LogP contribution in [0.25, 0.3) is 0 Å². The summed E-state index contributed by atoms with van der Waals surface area (Å²) in [5, 5.41) is 3.26. The predicted molar refractivity (Wildman–Crippen MR) is 78.4 cm³/mol. The normalized spacial score (nSPS) is 15.2. The van der Waals surface area contributed by atoms with Gasteiger partial charge < -0.3 is 4.74 Å². The van der Waals surface area contributed by atoms with E-state index < -0.39 is 0 Å². The SMILES string of the molecule is CCOC(=O)C1=C(C)[N+](Cc2ccccc2)=C(C)NC1. The van der Waals surface area contributed by atoms with Gasteiger partial charge in [-0.05, 0) is 19.4 Å². The number of carbonyl (C=O) groups excluding carboxylic acids is 1. The van der Waals surface area contributed by atoms with Crippen LogP contribution in [0.15, 0.2) is 41.6 Å². The van der Waals surface area contributed by atoms with Crippen molar-refractivity contribution in [1.29, 1.82) is 0 Å². The van der Waals surface area contributed by atoms with Gasteiger partial charge in [-0.3, -0.25) is 5.32 Å². The molecule has 0 bridgehead atoms. The van der Waals surface area contributed by atoms with Gasteiger partial charge in [-0.2, -0.15) is 0 Å². The molecule has 1 N–H and O–H groups in total. The molecule has 0 atom stereocenters. The fourth-order valence-electron chi connectivity index (χ4n) is 2.30. The Hall–Kier alpha value is -2.10. The maximum Gasteiger partial charge on any atom is 0.341 e. The Morgan fingerprint density at radius 3 is 2.65 bits per heavy atom. The highest BCUT2D eigenvalue weighted by Crippen LogP contribution is 2.14. The number of hydrogen-bond acceptors (Lipinski definition) is 3. The van der Waals surface area contributed by atoms with E-state index in [0.29, 0.717) is 18.7 Å². The van der Waals surface area contributed by atoms with Crippen molar-refractivity contribution < 1.29 is 14.1 Å². The fourth-order valence-corrected chi connectivity index (χ4v) is 2.30. The first kappa shape index (κ1) is 14.3. The van der Waals surface area contributed by atoms with Gasteiger partial charge in [0.1, 0.15) is 24.4 Å². The van der Waals surface area contributed by atoms with Crippen LogP contribution in [0.2, 0.25) is 0 Å². The van der Waals surface area contributed by atoms with Crippen LogP contribution in [-0.4, -0.2) is 29.5 Å². The molecule has 0 amide bonds. The summed E-state index contributed by atoms with van der Waals surface area (Å²) in [6, 6.07) is 10.2. The van der Waals surface area contributed by atoms with E-state index in [9.17, 15) is 4.79 Å². The van der Waals surface area contributed by atoms with Gasteiger partial charge in [0.05, 0.1) is 6.61 Å². The lowest BCUT2D eigenvalue weighted by atomic mass is 10.1. The Morgan fingerprint density at radius 1 is 1.30 bits per heavy atom. The van der Waals surface area contributed by atoms with Gasteiger partial charge >= 0.3 is 5.97 Å². The summed E-state index contributed by atoms with van der Waals surface area (Å²) in [4.78, 5) is 12.0. The molecule has 2 rings (SSSR count). The zero-order chi connectivity index (χ0) is 14.5. The summed E-state index contributed by atoms with van der Waals surface area (Å²) in [6.07, 6.45) is 0. The molecule has 0 fully saturated rings. The van der Waals surface area contributed by atoms with Crippen molar-refractivity contribution >= 4 is 11.8 Å². The summed E-state index contributed by atoms with van der Waals surface area (Å²) >= 11 is 0. The number of nitrogens with zero attached hydrogens (tertiary/aromatic N) is 1. The third kappa shape index (κ3) is 3.07. The molecule has 4 heteroatoms. The maximum atomic E-state index is 12.0. The van der Waals surface area contributed by atoms with E-state index in [0.717, 1.165) is 18.1 Å². The molecule has 0 saturated carbocycles. The molecule has 1 aliphatic rings. The molecule has 20 heavy (non-hydrogen) atoms. The van der Waals surface area contributed by atoms with E-state index in [2.05, 4.69) is 22.0 Å². The quantitative estimate of drug-likeness (QED) is 0.674. The van der Waals surface area contributed by atoms with Crippen molar-refractivity contribution in [3.63, 3.8) is 0 Å². The highest BCUT2D eigenvalue weighted by atomic mass is 16.5. The van der Waals surface area contributed by atoms with Crippen LogP contribution >= 0.6 is 0 Å². The number of benzene rings is 1. The van der Waals surface area contributed by atoms with Gasteiger partial charge in [0.25, 0.3) is 0 Å². The van der Waals surface area contributed by atoms with Crippen LogP contribution in [0.4, 0.5) is 0 Å². The first-order valence-electron chi connectivity index (χ1n) is 6.89. The second kappa shape index (κ2) is 6.37. The van der Waals surface area contributed by atoms with Gasteiger partial charge in [0.2, 0.25) is 5.84 Å². The summed E-state index contributed by atoms with van der Waals surface area (Å²) in [7, 11) is 0. The average Bonchev–Trinajstić information content (AvgIpc) is 2.45. The summed E-state index contributed by atoms with van der Waals surface area (Å²) in [5.74, 6) is 0.822. The smallest absolute Gasteiger partial charge is 0.341 e. The molecule has 4 nitrogen and oxygen atoms in total. The number of allylic oxidation sites excluding steroid dienone is 1. The van der Waals surface area contributed by atoms with Crippen LogP contribution in [0.5, 0.6) is 0 Å². The Labute approximate surface area is 119 Å². The lowest BCUT2D eigenvalue weighted by molar-refractivity contribution is -0.498. The van der Waals surface area contributed by atoms with Crippen LogP contribution in [0.1, 0.15) is 26.3 Å². The Bertz CT molecular complexity index is 559. The Kier molecular flexibility index (Phi) is 4.56. The second-order valence-corrected chi connectivity index (χ2v) is 4.80. The van der Waals surface area contributed by atoms with Crippen LogP contribution in [-0.2, 0) is 16.1 Å². The molecular formula is C16H21N2O2+. The van der Waals surface area contributed by atoms with Gasteiger partial charge in [0.15, 0.2) is 0 Å². The van der Waals surface area contributed by atoms with E-state index >= 15 is 0 Å². The maximum absolute atomic E-state index is 12.0. The number of carbonyl (C=O) groups is 1. The highest BCUT2D eigenvalue weighted by molar-refractivity contribution is 5.91. The van der Waals surface area contributed by atoms with Gasteiger partial charge in [-0.1, -0.05) is 30.3 Å². The molecule has 1 heterocycles. The number of hydrogen-bond donors (Lipinski definition) is 1. The Morgan fingerprint density at radius 2 is 2.00 bits per heavy atom. The van der Waals surface area contributed by atoms with E-state index in [1.807, 2.05) is 39.0 Å². The summed E-state index contributed by atoms with van der Waals surface area (Å²) in [5.41, 5.74) is 2.87. The number of ether oxygens (including phenoxy) is 1. The van der Waals surface area contributed by atoms with Crippen molar-refractivity contribution in [2.24, 2.45) is 0 Å². The monoisotopic (exact) mass is 273 g/mol. The van der Waals surface area contributed by atoms with Crippen molar-refractivity contribution in [1.82, 2.24) is 5.32 Å². The molecule has 1 aliphatic heterocycles. The number of rotatable bonds is 4. The van der Waals surface area contributed by atoms with Crippen molar-refractivity contribution in [3.8, 4) is 0 Å². The lowest BCUT2D eigenvalue weighted by Gasteiger charge is -2.19. The first-order chi connectivity index (χ1) is 9.63. The Balaban J connectivity index is 2.28. The number of nitrogens with one attached hydrogen (secondary N) is 1. The van der Waals surface area contributed by atoms with Crippen LogP contribution < -0.4 is 5.32 Å². The third-order valence-corrected chi connectivity index (χ3v) is 3.47. The third-order valence-electron chi connectivity index (χ3n) is 3.47. The van der Waals surface area contributed by atoms with Gasteiger partial charge in [0, 0.05) is 6.92 Å². The van der Waals surface area contributed by atoms with Crippen LogP contribution in [0, 0.1) is 0 Å². The second-order valence-electron chi connectivity index (χ2n) is 4.80. The minimum absolute atomic E-state index is 0.233. The molecule has 0 aliphatic carbocycles. The molecule has 0 radical (unpaired) electrons. The summed E-state index contributed by atoms with van der Waals surface area (Å²) < 4.78 is 7.23.